The van der Waals surface area contributed by atoms with Crippen LogP contribution in [-0.4, -0.2) is 47.8 Å². The molecule has 1 aromatic heterocycles. The third kappa shape index (κ3) is 4.34. The second-order valence-electron chi connectivity index (χ2n) is 6.54. The third-order valence-corrected chi connectivity index (χ3v) is 3.65. The highest BCUT2D eigenvalue weighted by Gasteiger charge is 2.29. The van der Waals surface area contributed by atoms with Crippen LogP contribution in [0.25, 0.3) is 0 Å². The fourth-order valence-corrected chi connectivity index (χ4v) is 2.54. The Morgan fingerprint density at radius 3 is 2.67 bits per heavy atom. The Labute approximate surface area is 126 Å². The molecule has 0 saturated carbocycles. The van der Waals surface area contributed by atoms with Gasteiger partial charge in [-0.1, -0.05) is 0 Å². The Kier molecular flexibility index (Phi) is 4.70. The molecule has 1 saturated heterocycles. The first-order valence-electron chi connectivity index (χ1n) is 7.47. The van der Waals surface area contributed by atoms with Gasteiger partial charge in [0.2, 0.25) is 0 Å². The van der Waals surface area contributed by atoms with E-state index in [-0.39, 0.29) is 12.1 Å². The second-order valence-corrected chi connectivity index (χ2v) is 6.54. The van der Waals surface area contributed by atoms with Crippen LogP contribution in [0.3, 0.4) is 0 Å². The van der Waals surface area contributed by atoms with E-state index in [1.165, 1.54) is 0 Å². The van der Waals surface area contributed by atoms with E-state index in [9.17, 15) is 4.79 Å². The van der Waals surface area contributed by atoms with Crippen LogP contribution in [0.4, 0.5) is 10.5 Å². The molecule has 1 atom stereocenters. The third-order valence-electron chi connectivity index (χ3n) is 3.65. The molecular weight excluding hydrogens is 266 g/mol. The molecule has 1 aliphatic rings. The Balaban J connectivity index is 1.99. The minimum Gasteiger partial charge on any atom is -0.444 e. The topological polar surface area (TPSA) is 45.7 Å². The monoisotopic (exact) mass is 291 g/mol. The van der Waals surface area contributed by atoms with Gasteiger partial charge < -0.3 is 14.5 Å². The van der Waals surface area contributed by atoms with Crippen molar-refractivity contribution in [2.45, 2.75) is 45.3 Å². The highest BCUT2D eigenvalue weighted by Crippen LogP contribution is 2.22. The summed E-state index contributed by atoms with van der Waals surface area (Å²) in [6.45, 7) is 7.52. The van der Waals surface area contributed by atoms with E-state index in [2.05, 4.69) is 9.88 Å². The lowest BCUT2D eigenvalue weighted by Gasteiger charge is -2.39. The number of hydrogen-bond acceptors (Lipinski definition) is 4. The fraction of sp³-hybridized carbons (Fsp3) is 0.625. The predicted octanol–water partition coefficient (Wildman–Crippen LogP) is 2.92. The molecule has 1 aliphatic heterocycles. The van der Waals surface area contributed by atoms with Gasteiger partial charge in [-0.2, -0.15) is 0 Å². The van der Waals surface area contributed by atoms with Gasteiger partial charge in [0, 0.05) is 38.2 Å². The van der Waals surface area contributed by atoms with Gasteiger partial charge in [-0.15, -0.1) is 0 Å². The first-order valence-corrected chi connectivity index (χ1v) is 7.47. The summed E-state index contributed by atoms with van der Waals surface area (Å²) in [4.78, 5) is 20.3. The van der Waals surface area contributed by atoms with Crippen molar-refractivity contribution < 1.29 is 9.53 Å². The summed E-state index contributed by atoms with van der Waals surface area (Å²) in [6, 6.07) is 4.20. The number of carbonyl (C=O) groups is 1. The van der Waals surface area contributed by atoms with Crippen LogP contribution in [0.5, 0.6) is 0 Å². The molecule has 2 rings (SSSR count). The summed E-state index contributed by atoms with van der Waals surface area (Å²) in [5.41, 5.74) is 0.706. The zero-order valence-electron chi connectivity index (χ0n) is 13.4. The molecule has 0 aromatic carbocycles. The van der Waals surface area contributed by atoms with Crippen LogP contribution in [-0.2, 0) is 4.74 Å². The number of amides is 1. The highest BCUT2D eigenvalue weighted by molar-refractivity contribution is 5.68. The van der Waals surface area contributed by atoms with Crippen LogP contribution < -0.4 is 4.90 Å². The summed E-state index contributed by atoms with van der Waals surface area (Å²) >= 11 is 0. The van der Waals surface area contributed by atoms with Crippen LogP contribution in [0.1, 0.15) is 33.6 Å². The number of hydrogen-bond donors (Lipinski definition) is 0. The lowest BCUT2D eigenvalue weighted by atomic mass is 10.0. The number of aromatic nitrogens is 1. The number of rotatable bonds is 2. The van der Waals surface area contributed by atoms with Gasteiger partial charge in [-0.3, -0.25) is 4.98 Å². The zero-order valence-corrected chi connectivity index (χ0v) is 13.4. The molecule has 0 aliphatic carbocycles. The average molecular weight is 291 g/mol. The molecule has 116 valence electrons. The van der Waals surface area contributed by atoms with Gasteiger partial charge in [0.1, 0.15) is 5.60 Å². The molecular formula is C16H25N3O2. The number of piperidine rings is 1. The molecule has 5 nitrogen and oxygen atoms in total. The summed E-state index contributed by atoms with van der Waals surface area (Å²) in [7, 11) is 1.83. The van der Waals surface area contributed by atoms with Gasteiger partial charge in [0.25, 0.3) is 0 Å². The molecule has 0 N–H and O–H groups in total. The van der Waals surface area contributed by atoms with Crippen molar-refractivity contribution in [2.75, 3.05) is 25.0 Å². The van der Waals surface area contributed by atoms with Gasteiger partial charge in [0.05, 0.1) is 6.04 Å². The SMILES string of the molecule is CN(C(=O)OC(C)(C)C)C1CCCN(c2ccncc2)C1. The molecule has 0 bridgehead atoms. The number of pyridine rings is 1. The van der Waals surface area contributed by atoms with Crippen LogP contribution in [0.15, 0.2) is 24.5 Å². The highest BCUT2D eigenvalue weighted by atomic mass is 16.6. The van der Waals surface area contributed by atoms with E-state index in [4.69, 9.17) is 4.74 Å². The number of nitrogens with zero attached hydrogens (tertiary/aromatic N) is 3. The Bertz CT molecular complexity index is 470. The van der Waals surface area contributed by atoms with Crippen molar-refractivity contribution in [3.63, 3.8) is 0 Å². The van der Waals surface area contributed by atoms with Crippen molar-refractivity contribution in [3.05, 3.63) is 24.5 Å². The molecule has 1 amide bonds. The molecule has 0 radical (unpaired) electrons. The Morgan fingerprint density at radius 1 is 1.38 bits per heavy atom. The average Bonchev–Trinajstić information content (AvgIpc) is 2.46. The lowest BCUT2D eigenvalue weighted by molar-refractivity contribution is 0.0210. The minimum atomic E-state index is -0.454. The van der Waals surface area contributed by atoms with Crippen molar-refractivity contribution in [2.24, 2.45) is 0 Å². The zero-order chi connectivity index (χ0) is 15.5. The summed E-state index contributed by atoms with van der Waals surface area (Å²) in [5.74, 6) is 0. The molecule has 1 aromatic rings. The summed E-state index contributed by atoms with van der Waals surface area (Å²) < 4.78 is 5.45. The fourth-order valence-electron chi connectivity index (χ4n) is 2.54. The van der Waals surface area contributed by atoms with Gasteiger partial charge in [-0.05, 0) is 45.7 Å². The maximum Gasteiger partial charge on any atom is 0.410 e. The van der Waals surface area contributed by atoms with Crippen molar-refractivity contribution in [1.82, 2.24) is 9.88 Å². The van der Waals surface area contributed by atoms with E-state index in [0.717, 1.165) is 31.6 Å². The van der Waals surface area contributed by atoms with Gasteiger partial charge >= 0.3 is 6.09 Å². The first kappa shape index (κ1) is 15.6. The van der Waals surface area contributed by atoms with Crippen LogP contribution in [0, 0.1) is 0 Å². The van der Waals surface area contributed by atoms with Crippen molar-refractivity contribution in [1.29, 1.82) is 0 Å². The van der Waals surface area contributed by atoms with E-state index in [1.54, 1.807) is 17.3 Å². The summed E-state index contributed by atoms with van der Waals surface area (Å²) in [5, 5.41) is 0. The molecule has 2 heterocycles. The van der Waals surface area contributed by atoms with Gasteiger partial charge in [0.15, 0.2) is 0 Å². The number of likely N-dealkylation sites (N-methyl/N-ethyl adjacent to an activating group) is 1. The minimum absolute atomic E-state index is 0.182. The van der Waals surface area contributed by atoms with Gasteiger partial charge in [-0.25, -0.2) is 4.79 Å². The number of ether oxygens (including phenoxy) is 1. The Morgan fingerprint density at radius 2 is 2.05 bits per heavy atom. The van der Waals surface area contributed by atoms with Crippen molar-refractivity contribution in [3.8, 4) is 0 Å². The normalized spacial score (nSPS) is 19.2. The standard InChI is InChI=1S/C16H25N3O2/c1-16(2,3)21-15(20)18(4)14-6-5-11-19(12-14)13-7-9-17-10-8-13/h7-10,14H,5-6,11-12H2,1-4H3. The van der Waals surface area contributed by atoms with E-state index in [0.29, 0.717) is 0 Å². The van der Waals surface area contributed by atoms with E-state index >= 15 is 0 Å². The van der Waals surface area contributed by atoms with E-state index in [1.807, 2.05) is 40.0 Å². The number of anilines is 1. The maximum absolute atomic E-state index is 12.2. The Hall–Kier alpha value is -1.78. The molecule has 5 heteroatoms. The quantitative estimate of drug-likeness (QED) is 0.840. The molecule has 1 fully saturated rings. The molecule has 1 unspecified atom stereocenters. The van der Waals surface area contributed by atoms with Crippen LogP contribution in [0.2, 0.25) is 0 Å². The lowest BCUT2D eigenvalue weighted by Crippen LogP contribution is -2.49. The smallest absolute Gasteiger partial charge is 0.410 e. The largest absolute Gasteiger partial charge is 0.444 e. The van der Waals surface area contributed by atoms with E-state index < -0.39 is 5.60 Å². The van der Waals surface area contributed by atoms with Crippen molar-refractivity contribution >= 4 is 11.8 Å². The number of carbonyl (C=O) groups excluding carboxylic acids is 1. The first-order chi connectivity index (χ1) is 9.87. The van der Waals surface area contributed by atoms with Crippen LogP contribution >= 0.6 is 0 Å². The second kappa shape index (κ2) is 6.33. The molecule has 0 spiro atoms. The maximum atomic E-state index is 12.2. The summed E-state index contributed by atoms with van der Waals surface area (Å²) in [6.07, 6.45) is 5.44. The molecule has 21 heavy (non-hydrogen) atoms. The predicted molar refractivity (Wildman–Crippen MR) is 83.5 cm³/mol.